The molecule has 1 aliphatic rings. The van der Waals surface area contributed by atoms with Crippen LogP contribution in [0.1, 0.15) is 71.8 Å². The van der Waals surface area contributed by atoms with Crippen LogP contribution < -0.4 is 14.8 Å². The van der Waals surface area contributed by atoms with E-state index in [1.807, 2.05) is 6.07 Å². The lowest BCUT2D eigenvalue weighted by Crippen LogP contribution is -2.83. The van der Waals surface area contributed by atoms with E-state index in [9.17, 15) is 0 Å². The number of rotatable bonds is 11. The summed E-state index contributed by atoms with van der Waals surface area (Å²) in [5.41, 5.74) is 1.76. The van der Waals surface area contributed by atoms with Gasteiger partial charge in [-0.05, 0) is 62.1 Å². The van der Waals surface area contributed by atoms with Gasteiger partial charge in [-0.15, -0.1) is 0 Å². The summed E-state index contributed by atoms with van der Waals surface area (Å²) in [7, 11) is 3.37. The highest BCUT2D eigenvalue weighted by Gasteiger charge is 2.42. The Morgan fingerprint density at radius 1 is 1.14 bits per heavy atom. The van der Waals surface area contributed by atoms with Gasteiger partial charge in [0.05, 0.1) is 26.4 Å². The van der Waals surface area contributed by atoms with Crippen LogP contribution in [0.4, 0.5) is 0 Å². The fourth-order valence-electron chi connectivity index (χ4n) is 4.50. The number of nitrogens with two attached hydrogens (primary N) is 1. The van der Waals surface area contributed by atoms with Gasteiger partial charge in [-0.2, -0.15) is 0 Å². The van der Waals surface area contributed by atoms with E-state index >= 15 is 0 Å². The van der Waals surface area contributed by atoms with Crippen molar-refractivity contribution in [2.45, 2.75) is 78.4 Å². The smallest absolute Gasteiger partial charge is 0.161 e. The van der Waals surface area contributed by atoms with Gasteiger partial charge in [0.15, 0.2) is 11.5 Å². The minimum Gasteiger partial charge on any atom is -0.493 e. The summed E-state index contributed by atoms with van der Waals surface area (Å²) in [6.07, 6.45) is 7.42. The molecule has 28 heavy (non-hydrogen) atoms. The highest BCUT2D eigenvalue weighted by Crippen LogP contribution is 2.46. The lowest BCUT2D eigenvalue weighted by Gasteiger charge is -2.46. The summed E-state index contributed by atoms with van der Waals surface area (Å²) in [4.78, 5) is 0. The van der Waals surface area contributed by atoms with Gasteiger partial charge in [0, 0.05) is 18.6 Å². The van der Waals surface area contributed by atoms with E-state index in [-0.39, 0.29) is 5.60 Å². The zero-order valence-electron chi connectivity index (χ0n) is 19.0. The van der Waals surface area contributed by atoms with E-state index in [1.165, 1.54) is 37.7 Å². The second-order valence-electron chi connectivity index (χ2n) is 9.23. The fraction of sp³-hybridized carbons (Fsp3) is 0.750. The van der Waals surface area contributed by atoms with Crippen LogP contribution in [-0.4, -0.2) is 33.0 Å². The normalized spacial score (nSPS) is 25.1. The van der Waals surface area contributed by atoms with Gasteiger partial charge in [-0.1, -0.05) is 27.2 Å². The van der Waals surface area contributed by atoms with Crippen LogP contribution in [0.15, 0.2) is 18.2 Å². The van der Waals surface area contributed by atoms with Gasteiger partial charge >= 0.3 is 0 Å². The third-order valence-electron chi connectivity index (χ3n) is 6.54. The molecule has 1 aliphatic heterocycles. The highest BCUT2D eigenvalue weighted by molar-refractivity contribution is 5.42. The van der Waals surface area contributed by atoms with Crippen molar-refractivity contribution in [2.24, 2.45) is 11.3 Å². The summed E-state index contributed by atoms with van der Waals surface area (Å²) in [5.74, 6) is 2.37. The Hall–Kier alpha value is -1.26. The van der Waals surface area contributed by atoms with Crippen LogP contribution in [-0.2, 0) is 11.3 Å². The van der Waals surface area contributed by atoms with Gasteiger partial charge in [-0.25, -0.2) is 0 Å². The van der Waals surface area contributed by atoms with E-state index in [0.29, 0.717) is 5.41 Å². The number of hydrogen-bond acceptors (Lipinski definition) is 3. The van der Waals surface area contributed by atoms with Gasteiger partial charge in [0.25, 0.3) is 0 Å². The number of quaternary nitrogens is 1. The number of ether oxygens (including phenoxy) is 3. The van der Waals surface area contributed by atoms with E-state index < -0.39 is 0 Å². The molecule has 0 amide bonds. The second kappa shape index (κ2) is 10.5. The van der Waals surface area contributed by atoms with Crippen molar-refractivity contribution in [3.8, 4) is 11.5 Å². The molecular weight excluding hydrogens is 350 g/mol. The lowest BCUT2D eigenvalue weighted by molar-refractivity contribution is -0.672. The average molecular weight is 393 g/mol. The van der Waals surface area contributed by atoms with E-state index in [4.69, 9.17) is 14.2 Å². The van der Waals surface area contributed by atoms with Gasteiger partial charge in [0.1, 0.15) is 6.54 Å². The van der Waals surface area contributed by atoms with Crippen LogP contribution in [0.2, 0.25) is 0 Å². The molecule has 2 atom stereocenters. The molecule has 0 radical (unpaired) electrons. The first-order valence-corrected chi connectivity index (χ1v) is 11.0. The van der Waals surface area contributed by atoms with E-state index in [1.54, 1.807) is 14.2 Å². The zero-order chi connectivity index (χ0) is 20.6. The third kappa shape index (κ3) is 6.38. The molecule has 1 heterocycles. The van der Waals surface area contributed by atoms with Crippen LogP contribution >= 0.6 is 0 Å². The second-order valence-corrected chi connectivity index (χ2v) is 9.23. The van der Waals surface area contributed by atoms with Gasteiger partial charge in [0.2, 0.25) is 0 Å². The summed E-state index contributed by atoms with van der Waals surface area (Å²) in [6.45, 7) is 12.3. The molecule has 1 aromatic carbocycles. The minimum atomic E-state index is 0.0541. The van der Waals surface area contributed by atoms with Crippen LogP contribution in [0, 0.1) is 11.3 Å². The maximum absolute atomic E-state index is 6.16. The molecule has 0 aromatic heterocycles. The van der Waals surface area contributed by atoms with Crippen LogP contribution in [0.5, 0.6) is 11.5 Å². The largest absolute Gasteiger partial charge is 0.493 e. The molecule has 2 N–H and O–H groups in total. The quantitative estimate of drug-likeness (QED) is 0.562. The fourth-order valence-corrected chi connectivity index (χ4v) is 4.50. The van der Waals surface area contributed by atoms with E-state index in [0.717, 1.165) is 43.5 Å². The van der Waals surface area contributed by atoms with Crippen LogP contribution in [0.3, 0.4) is 0 Å². The monoisotopic (exact) mass is 392 g/mol. The molecule has 2 rings (SSSR count). The Morgan fingerprint density at radius 2 is 1.89 bits per heavy atom. The molecule has 4 nitrogen and oxygen atoms in total. The molecule has 4 heteroatoms. The summed E-state index contributed by atoms with van der Waals surface area (Å²) in [5, 5.41) is 2.44. The molecule has 0 bridgehead atoms. The minimum absolute atomic E-state index is 0.0541. The van der Waals surface area contributed by atoms with Crippen molar-refractivity contribution in [3.63, 3.8) is 0 Å². The lowest BCUT2D eigenvalue weighted by atomic mass is 9.67. The maximum Gasteiger partial charge on any atom is 0.161 e. The molecule has 0 aliphatic carbocycles. The molecule has 0 saturated carbocycles. The summed E-state index contributed by atoms with van der Waals surface area (Å²) < 4.78 is 16.9. The Labute approximate surface area is 172 Å². The topological polar surface area (TPSA) is 44.3 Å². The Kier molecular flexibility index (Phi) is 8.63. The maximum atomic E-state index is 6.16. The Balaban J connectivity index is 1.94. The predicted molar refractivity (Wildman–Crippen MR) is 115 cm³/mol. The Bertz CT molecular complexity index is 604. The molecule has 1 aromatic rings. The van der Waals surface area contributed by atoms with Crippen molar-refractivity contribution in [2.75, 3.05) is 27.4 Å². The molecule has 1 fully saturated rings. The zero-order valence-corrected chi connectivity index (χ0v) is 19.0. The third-order valence-corrected chi connectivity index (χ3v) is 6.54. The number of methoxy groups -OCH3 is 2. The summed E-state index contributed by atoms with van der Waals surface area (Å²) >= 11 is 0. The molecule has 0 unspecified atom stereocenters. The van der Waals surface area contributed by atoms with Crippen molar-refractivity contribution in [1.82, 2.24) is 0 Å². The first-order chi connectivity index (χ1) is 13.4. The van der Waals surface area contributed by atoms with Gasteiger partial charge in [-0.3, -0.25) is 0 Å². The molecule has 1 saturated heterocycles. The van der Waals surface area contributed by atoms with Crippen molar-refractivity contribution < 1.29 is 19.5 Å². The average Bonchev–Trinajstić information content (AvgIpc) is 2.69. The molecule has 160 valence electrons. The first-order valence-electron chi connectivity index (χ1n) is 11.0. The number of benzene rings is 1. The highest BCUT2D eigenvalue weighted by atomic mass is 16.5. The molecule has 0 spiro atoms. The van der Waals surface area contributed by atoms with E-state index in [2.05, 4.69) is 45.1 Å². The number of hydrogen-bond donors (Lipinski definition) is 1. The van der Waals surface area contributed by atoms with Crippen molar-refractivity contribution in [3.05, 3.63) is 23.8 Å². The van der Waals surface area contributed by atoms with Gasteiger partial charge < -0.3 is 19.5 Å². The van der Waals surface area contributed by atoms with Crippen molar-refractivity contribution in [1.29, 1.82) is 0 Å². The first kappa shape index (κ1) is 23.0. The standard InChI is InChI=1S/C24H41NO3/c1-7-23(4)18-24(13-15-28-23,11-10-19(2)3)12-14-25-17-20-8-9-21(26-5)22(16-20)27-6/h8-9,16,19,25H,7,10-15,17-18H2,1-6H3/p+1/t23-,24-/m0/s1. The Morgan fingerprint density at radius 3 is 2.54 bits per heavy atom. The van der Waals surface area contributed by atoms with Crippen molar-refractivity contribution >= 4 is 0 Å². The predicted octanol–water partition coefficient (Wildman–Crippen LogP) is 4.56. The molecular formula is C24H42NO3+. The SMILES string of the molecule is CC[C@@]1(C)C[C@](CC[NH2+]Cc2ccc(OC)c(OC)c2)(CCC(C)C)CCO1. The summed E-state index contributed by atoms with van der Waals surface area (Å²) in [6, 6.07) is 6.22. The van der Waals surface area contributed by atoms with Crippen LogP contribution in [0.25, 0.3) is 0 Å².